The fourth-order valence-electron chi connectivity index (χ4n) is 3.83. The zero-order chi connectivity index (χ0) is 24.9. The van der Waals surface area contributed by atoms with Gasteiger partial charge in [-0.3, -0.25) is 9.52 Å². The Balaban J connectivity index is 1.95. The van der Waals surface area contributed by atoms with Crippen molar-refractivity contribution in [2.45, 2.75) is 50.8 Å². The summed E-state index contributed by atoms with van der Waals surface area (Å²) in [6.07, 6.45) is 3.42. The lowest BCUT2D eigenvalue weighted by molar-refractivity contribution is 0.0793. The van der Waals surface area contributed by atoms with Crippen LogP contribution in [0.4, 0.5) is 11.5 Å². The number of anilines is 2. The lowest BCUT2D eigenvalue weighted by Crippen LogP contribution is -2.44. The van der Waals surface area contributed by atoms with E-state index in [1.807, 2.05) is 17.0 Å². The van der Waals surface area contributed by atoms with E-state index >= 15 is 0 Å². The summed E-state index contributed by atoms with van der Waals surface area (Å²) in [7, 11) is -2.12. The van der Waals surface area contributed by atoms with Crippen molar-refractivity contribution in [1.82, 2.24) is 15.2 Å². The second-order valence-electron chi connectivity index (χ2n) is 9.79. The van der Waals surface area contributed by atoms with Crippen LogP contribution in [0.3, 0.4) is 0 Å². The number of unbranched alkanes of at least 4 members (excludes halogenated alkanes) is 1. The van der Waals surface area contributed by atoms with Crippen LogP contribution in [0.15, 0.2) is 41.4 Å². The first-order chi connectivity index (χ1) is 16.0. The average molecular weight is 488 g/mol. The van der Waals surface area contributed by atoms with E-state index in [0.29, 0.717) is 36.7 Å². The molecule has 2 aromatic rings. The maximum absolute atomic E-state index is 13.3. The monoisotopic (exact) mass is 487 g/mol. The number of nitrogens with one attached hydrogen (secondary N) is 2. The Hall–Kier alpha value is -2.65. The topological polar surface area (TPSA) is 94.6 Å². The normalized spacial score (nSPS) is 14.7. The lowest BCUT2D eigenvalue weighted by Gasteiger charge is -2.30. The third-order valence-electron chi connectivity index (χ3n) is 6.00. The first-order valence-electron chi connectivity index (χ1n) is 11.9. The van der Waals surface area contributed by atoms with Gasteiger partial charge in [0, 0.05) is 46.0 Å². The van der Waals surface area contributed by atoms with Crippen LogP contribution in [0.2, 0.25) is 0 Å². The summed E-state index contributed by atoms with van der Waals surface area (Å²) in [6.45, 7) is 11.9. The van der Waals surface area contributed by atoms with Crippen molar-refractivity contribution < 1.29 is 13.2 Å². The summed E-state index contributed by atoms with van der Waals surface area (Å²) in [6, 6.07) is 8.53. The van der Waals surface area contributed by atoms with Crippen LogP contribution in [-0.2, 0) is 15.4 Å². The smallest absolute Gasteiger partial charge is 0.262 e. The Morgan fingerprint density at radius 2 is 1.82 bits per heavy atom. The van der Waals surface area contributed by atoms with Crippen LogP contribution < -0.4 is 14.9 Å². The number of sulfonamides is 1. The van der Waals surface area contributed by atoms with Crippen LogP contribution >= 0.6 is 0 Å². The molecule has 8 nitrogen and oxygen atoms in total. The lowest BCUT2D eigenvalue weighted by atomic mass is 9.87. The molecule has 1 amide bonds. The fourth-order valence-corrected chi connectivity index (χ4v) is 4.89. The molecule has 0 spiro atoms. The molecule has 2 heterocycles. The highest BCUT2D eigenvalue weighted by molar-refractivity contribution is 7.92. The molecule has 1 aromatic carbocycles. The molecule has 1 fully saturated rings. The second kappa shape index (κ2) is 10.7. The first-order valence-corrected chi connectivity index (χ1v) is 13.4. The molecule has 2 N–H and O–H groups in total. The highest BCUT2D eigenvalue weighted by Gasteiger charge is 2.24. The van der Waals surface area contributed by atoms with Crippen molar-refractivity contribution in [1.29, 1.82) is 0 Å². The van der Waals surface area contributed by atoms with Gasteiger partial charge in [-0.25, -0.2) is 13.4 Å². The molecule has 0 radical (unpaired) electrons. The van der Waals surface area contributed by atoms with Gasteiger partial charge in [-0.1, -0.05) is 46.2 Å². The van der Waals surface area contributed by atoms with Crippen LogP contribution in [0, 0.1) is 0 Å². The van der Waals surface area contributed by atoms with Crippen molar-refractivity contribution in [3.63, 3.8) is 0 Å². The number of aromatic nitrogens is 1. The van der Waals surface area contributed by atoms with Gasteiger partial charge in [0.2, 0.25) is 0 Å². The largest absolute Gasteiger partial charge is 0.352 e. The zero-order valence-corrected chi connectivity index (χ0v) is 21.7. The number of hydrogen-bond donors (Lipinski definition) is 2. The minimum absolute atomic E-state index is 0.0758. The van der Waals surface area contributed by atoms with E-state index < -0.39 is 10.0 Å². The molecule has 1 aliphatic rings. The van der Waals surface area contributed by atoms with Gasteiger partial charge < -0.3 is 15.1 Å². The van der Waals surface area contributed by atoms with Crippen molar-refractivity contribution in [3.05, 3.63) is 47.7 Å². The van der Waals surface area contributed by atoms with Crippen molar-refractivity contribution in [2.75, 3.05) is 49.4 Å². The van der Waals surface area contributed by atoms with E-state index in [4.69, 9.17) is 0 Å². The maximum Gasteiger partial charge on any atom is 0.262 e. The molecule has 0 atom stereocenters. The molecule has 1 aromatic heterocycles. The molecule has 1 aliphatic heterocycles. The van der Waals surface area contributed by atoms with Gasteiger partial charge in [0.05, 0.1) is 16.1 Å². The third-order valence-corrected chi connectivity index (χ3v) is 7.38. The van der Waals surface area contributed by atoms with Crippen molar-refractivity contribution >= 4 is 27.4 Å². The number of amides is 1. The van der Waals surface area contributed by atoms with E-state index in [0.717, 1.165) is 31.5 Å². The Bertz CT molecular complexity index is 1090. The van der Waals surface area contributed by atoms with Gasteiger partial charge in [-0.2, -0.15) is 0 Å². The van der Waals surface area contributed by atoms with Gasteiger partial charge in [0.15, 0.2) is 5.82 Å². The highest BCUT2D eigenvalue weighted by atomic mass is 32.2. The minimum atomic E-state index is -3.87. The Morgan fingerprint density at radius 3 is 2.41 bits per heavy atom. The number of hydrogen-bond acceptors (Lipinski definition) is 6. The number of carbonyl (C=O) groups is 1. The standard InChI is InChI=1S/C25H37N5O3S/c1-6-7-14-29(5)24(31)19-17-22(23(27-18-19)30-15-12-26-13-16-30)28-34(32,33)21-10-8-20(9-11-21)25(2,3)4/h8-11,17-18,26,28H,6-7,12-16H2,1-5H3. The molecule has 34 heavy (non-hydrogen) atoms. The Morgan fingerprint density at radius 1 is 1.18 bits per heavy atom. The van der Waals surface area contributed by atoms with Crippen LogP contribution in [-0.4, -0.2) is 64.0 Å². The number of carbonyl (C=O) groups excluding carboxylic acids is 1. The van der Waals surface area contributed by atoms with E-state index in [1.165, 1.54) is 6.20 Å². The molecule has 1 saturated heterocycles. The summed E-state index contributed by atoms with van der Waals surface area (Å²) in [4.78, 5) is 21.3. The van der Waals surface area contributed by atoms with Crippen LogP contribution in [0.25, 0.3) is 0 Å². The van der Waals surface area contributed by atoms with Gasteiger partial charge >= 0.3 is 0 Å². The van der Waals surface area contributed by atoms with Crippen LogP contribution in [0.5, 0.6) is 0 Å². The quantitative estimate of drug-likeness (QED) is 0.592. The van der Waals surface area contributed by atoms with E-state index in [9.17, 15) is 13.2 Å². The first kappa shape index (κ1) is 26.0. The number of pyridine rings is 1. The minimum Gasteiger partial charge on any atom is -0.352 e. The molecular weight excluding hydrogens is 450 g/mol. The summed E-state index contributed by atoms with van der Waals surface area (Å²) < 4.78 is 29.3. The van der Waals surface area contributed by atoms with E-state index in [2.05, 4.69) is 42.7 Å². The van der Waals surface area contributed by atoms with Gasteiger partial charge in [0.1, 0.15) is 0 Å². The number of benzene rings is 1. The number of nitrogens with zero attached hydrogens (tertiary/aromatic N) is 3. The summed E-state index contributed by atoms with van der Waals surface area (Å²) in [5, 5.41) is 3.29. The van der Waals surface area contributed by atoms with E-state index in [1.54, 1.807) is 30.1 Å². The SMILES string of the molecule is CCCCN(C)C(=O)c1cnc(N2CCNCC2)c(NS(=O)(=O)c2ccc(C(C)(C)C)cc2)c1. The molecule has 0 saturated carbocycles. The summed E-state index contributed by atoms with van der Waals surface area (Å²) in [5.41, 5.74) is 1.65. The number of rotatable bonds is 8. The van der Waals surface area contributed by atoms with E-state index in [-0.39, 0.29) is 16.2 Å². The van der Waals surface area contributed by atoms with Gasteiger partial charge in [-0.15, -0.1) is 0 Å². The zero-order valence-electron chi connectivity index (χ0n) is 20.9. The third kappa shape index (κ3) is 6.27. The summed E-state index contributed by atoms with van der Waals surface area (Å²) >= 11 is 0. The molecular formula is C25H37N5O3S. The van der Waals surface area contributed by atoms with Gasteiger partial charge in [-0.05, 0) is 35.6 Å². The average Bonchev–Trinajstić information content (AvgIpc) is 2.82. The van der Waals surface area contributed by atoms with Crippen LogP contribution in [0.1, 0.15) is 56.5 Å². The molecule has 3 rings (SSSR count). The fraction of sp³-hybridized carbons (Fsp3) is 0.520. The Kier molecular flexibility index (Phi) is 8.20. The highest BCUT2D eigenvalue weighted by Crippen LogP contribution is 2.29. The summed E-state index contributed by atoms with van der Waals surface area (Å²) in [5.74, 6) is 0.354. The predicted molar refractivity (Wildman–Crippen MR) is 137 cm³/mol. The molecule has 186 valence electrons. The molecule has 0 unspecified atom stereocenters. The molecule has 0 bridgehead atoms. The van der Waals surface area contributed by atoms with Crippen molar-refractivity contribution in [2.24, 2.45) is 0 Å². The number of piperazine rings is 1. The molecule has 9 heteroatoms. The van der Waals surface area contributed by atoms with Gasteiger partial charge in [0.25, 0.3) is 15.9 Å². The second-order valence-corrected chi connectivity index (χ2v) is 11.5. The van der Waals surface area contributed by atoms with Crippen molar-refractivity contribution in [3.8, 4) is 0 Å². The predicted octanol–water partition coefficient (Wildman–Crippen LogP) is 3.46. The Labute approximate surface area is 203 Å². The molecule has 0 aliphatic carbocycles. The maximum atomic E-state index is 13.3.